The summed E-state index contributed by atoms with van der Waals surface area (Å²) in [5.41, 5.74) is 11.2. The highest BCUT2D eigenvalue weighted by molar-refractivity contribution is 5.64. The van der Waals surface area contributed by atoms with E-state index in [4.69, 9.17) is 19.9 Å². The summed E-state index contributed by atoms with van der Waals surface area (Å²) < 4.78 is 19.7. The number of hydrogen-bond donors (Lipinski definition) is 1. The number of nitrogens with zero attached hydrogens (tertiary/aromatic N) is 1. The van der Waals surface area contributed by atoms with Crippen molar-refractivity contribution in [3.8, 4) is 11.5 Å². The molecule has 2 heterocycles. The van der Waals surface area contributed by atoms with E-state index >= 15 is 0 Å². The molecule has 5 nitrogen and oxygen atoms in total. The summed E-state index contributed by atoms with van der Waals surface area (Å²) in [5, 5.41) is 0. The Morgan fingerprint density at radius 3 is 2.77 bits per heavy atom. The van der Waals surface area contributed by atoms with Crippen molar-refractivity contribution in [3.63, 3.8) is 0 Å². The summed E-state index contributed by atoms with van der Waals surface area (Å²) in [4.78, 5) is 2.90. The Kier molecular flexibility index (Phi) is 4.03. The normalized spacial score (nSPS) is 40.3. The van der Waals surface area contributed by atoms with Crippen molar-refractivity contribution in [1.29, 1.82) is 0 Å². The second-order valence-corrected chi connectivity index (χ2v) is 12.3. The van der Waals surface area contributed by atoms with Crippen LogP contribution in [0, 0.1) is 11.3 Å². The maximum Gasteiger partial charge on any atom is 0.165 e. The maximum atomic E-state index is 7.13. The number of hydrogen-bond acceptors (Lipinski definition) is 5. The smallest absolute Gasteiger partial charge is 0.165 e. The third-order valence-electron chi connectivity index (χ3n) is 11.2. The predicted octanol–water partition coefficient (Wildman–Crippen LogP) is 4.67. The van der Waals surface area contributed by atoms with Crippen molar-refractivity contribution in [3.05, 3.63) is 53.1 Å². The summed E-state index contributed by atoms with van der Waals surface area (Å²) in [6, 6.07) is 13.6. The average molecular weight is 473 g/mol. The molecular formula is C30H36N2O3. The van der Waals surface area contributed by atoms with Crippen molar-refractivity contribution in [2.45, 2.75) is 74.0 Å². The minimum absolute atomic E-state index is 0.000257. The van der Waals surface area contributed by atoms with E-state index in [1.54, 1.807) is 7.11 Å². The minimum Gasteiger partial charge on any atom is -0.493 e. The fraction of sp³-hybridized carbons (Fsp3) is 0.600. The largest absolute Gasteiger partial charge is 0.493 e. The first-order valence-corrected chi connectivity index (χ1v) is 13.6. The molecule has 5 heteroatoms. The van der Waals surface area contributed by atoms with E-state index in [1.807, 2.05) is 13.2 Å². The highest BCUT2D eigenvalue weighted by Crippen LogP contribution is 2.78. The lowest BCUT2D eigenvalue weighted by Gasteiger charge is -2.74. The topological polar surface area (TPSA) is 57.0 Å². The molecule has 4 saturated carbocycles. The molecule has 0 unspecified atom stereocenters. The number of methoxy groups -OCH3 is 2. The highest BCUT2D eigenvalue weighted by atomic mass is 16.6. The molecule has 2 spiro atoms. The number of ether oxygens (including phenoxy) is 3. The summed E-state index contributed by atoms with van der Waals surface area (Å²) in [6.45, 7) is 2.44. The number of benzene rings is 2. The zero-order valence-electron chi connectivity index (χ0n) is 20.9. The van der Waals surface area contributed by atoms with Crippen LogP contribution in [0.1, 0.15) is 61.1 Å². The number of nitrogens with two attached hydrogens (primary N) is 1. The van der Waals surface area contributed by atoms with Gasteiger partial charge in [-0.05, 0) is 86.7 Å². The summed E-state index contributed by atoms with van der Waals surface area (Å²) in [5.74, 6) is 3.06. The fourth-order valence-corrected chi connectivity index (χ4v) is 9.71. The number of nitrogen functional groups attached to an aromatic ring is 1. The van der Waals surface area contributed by atoms with E-state index in [0.717, 1.165) is 48.8 Å². The molecule has 0 amide bonds. The average Bonchev–Trinajstić information content (AvgIpc) is 3.62. The lowest BCUT2D eigenvalue weighted by atomic mass is 9.34. The molecule has 5 fully saturated rings. The molecule has 0 aromatic heterocycles. The molecule has 6 atom stereocenters. The van der Waals surface area contributed by atoms with E-state index in [1.165, 1.54) is 49.0 Å². The molecule has 5 aliphatic carbocycles. The molecule has 4 bridgehead atoms. The number of likely N-dealkylation sites (tertiary alicyclic amines) is 1. The Hall–Kier alpha value is -2.24. The van der Waals surface area contributed by atoms with Crippen molar-refractivity contribution < 1.29 is 14.2 Å². The van der Waals surface area contributed by atoms with Crippen molar-refractivity contribution in [1.82, 2.24) is 4.90 Å². The van der Waals surface area contributed by atoms with Gasteiger partial charge < -0.3 is 19.9 Å². The minimum atomic E-state index is -0.364. The SMILES string of the molecule is COc1ccc2c3c1O[C@H]1[C@@]4(OC)CC[C@@]5(C[C@@H]4c4cccc(N)c4)[C@@H](C2)N(CC2CC2)CC[C@]315. The standard InChI is InChI=1S/C30H36N2O3/c1-33-23-9-8-20-15-24-28-10-11-30(34-2,22(16-28)19-4-3-5-21(31)14-19)27-29(28,25(20)26(23)35-27)12-13-32(24)17-18-6-7-18/h3-5,8-9,14,18,22,24,27H,6-7,10-13,15-17,31H2,1-2H3/t22-,24-,27-,28-,29+,30-/m1/s1. The second kappa shape index (κ2) is 6.74. The maximum absolute atomic E-state index is 7.13. The third kappa shape index (κ3) is 2.33. The van der Waals surface area contributed by atoms with Gasteiger partial charge in [0.2, 0.25) is 0 Å². The number of piperidine rings is 1. The monoisotopic (exact) mass is 472 g/mol. The first kappa shape index (κ1) is 20.9. The van der Waals surface area contributed by atoms with Gasteiger partial charge >= 0.3 is 0 Å². The first-order chi connectivity index (χ1) is 17.1. The Morgan fingerprint density at radius 2 is 2.00 bits per heavy atom. The molecule has 2 N–H and O–H groups in total. The van der Waals surface area contributed by atoms with E-state index in [2.05, 4.69) is 35.2 Å². The van der Waals surface area contributed by atoms with Gasteiger partial charge in [-0.25, -0.2) is 0 Å². The molecule has 2 aliphatic heterocycles. The van der Waals surface area contributed by atoms with Crippen LogP contribution in [0.3, 0.4) is 0 Å². The molecule has 0 radical (unpaired) electrons. The highest BCUT2D eigenvalue weighted by Gasteiger charge is 2.80. The van der Waals surface area contributed by atoms with Crippen LogP contribution in [0.4, 0.5) is 5.69 Å². The lowest BCUT2D eigenvalue weighted by Crippen LogP contribution is -2.80. The van der Waals surface area contributed by atoms with Gasteiger partial charge in [0.05, 0.1) is 7.11 Å². The molecule has 2 aromatic carbocycles. The van der Waals surface area contributed by atoms with Crippen LogP contribution in [0.2, 0.25) is 0 Å². The summed E-state index contributed by atoms with van der Waals surface area (Å²) in [7, 11) is 3.69. The lowest BCUT2D eigenvalue weighted by molar-refractivity contribution is -0.261. The van der Waals surface area contributed by atoms with Crippen LogP contribution in [-0.2, 0) is 16.6 Å². The quantitative estimate of drug-likeness (QED) is 0.641. The Bertz CT molecular complexity index is 1230. The van der Waals surface area contributed by atoms with Crippen molar-refractivity contribution in [2.24, 2.45) is 11.3 Å². The van der Waals surface area contributed by atoms with Gasteiger partial charge in [0.25, 0.3) is 0 Å². The fourth-order valence-electron chi connectivity index (χ4n) is 9.71. The first-order valence-electron chi connectivity index (χ1n) is 13.6. The van der Waals surface area contributed by atoms with Gasteiger partial charge in [-0.15, -0.1) is 0 Å². The molecule has 35 heavy (non-hydrogen) atoms. The second-order valence-electron chi connectivity index (χ2n) is 12.3. The molecule has 184 valence electrons. The van der Waals surface area contributed by atoms with Gasteiger partial charge in [0.1, 0.15) is 11.7 Å². The van der Waals surface area contributed by atoms with E-state index in [9.17, 15) is 0 Å². The van der Waals surface area contributed by atoms with Gasteiger partial charge in [-0.2, -0.15) is 0 Å². The van der Waals surface area contributed by atoms with Crippen LogP contribution in [-0.4, -0.2) is 50.0 Å². The van der Waals surface area contributed by atoms with E-state index in [-0.39, 0.29) is 28.5 Å². The van der Waals surface area contributed by atoms with Gasteiger partial charge in [-0.1, -0.05) is 18.2 Å². The molecule has 9 rings (SSSR count). The van der Waals surface area contributed by atoms with Crippen LogP contribution >= 0.6 is 0 Å². The van der Waals surface area contributed by atoms with Crippen LogP contribution in [0.15, 0.2) is 36.4 Å². The van der Waals surface area contributed by atoms with Gasteiger partial charge in [0, 0.05) is 47.7 Å². The van der Waals surface area contributed by atoms with Crippen molar-refractivity contribution >= 4 is 5.69 Å². The Labute approximate surface area is 207 Å². The Balaban J connectivity index is 1.38. The molecular weight excluding hydrogens is 436 g/mol. The zero-order valence-corrected chi connectivity index (χ0v) is 20.9. The van der Waals surface area contributed by atoms with Crippen LogP contribution in [0.5, 0.6) is 11.5 Å². The van der Waals surface area contributed by atoms with Crippen molar-refractivity contribution in [2.75, 3.05) is 33.0 Å². The van der Waals surface area contributed by atoms with Crippen LogP contribution < -0.4 is 15.2 Å². The zero-order chi connectivity index (χ0) is 23.6. The molecule has 2 aromatic rings. The van der Waals surface area contributed by atoms with Crippen LogP contribution in [0.25, 0.3) is 0 Å². The third-order valence-corrected chi connectivity index (χ3v) is 11.2. The predicted molar refractivity (Wildman–Crippen MR) is 135 cm³/mol. The van der Waals surface area contributed by atoms with Gasteiger partial charge in [0.15, 0.2) is 11.5 Å². The Morgan fingerprint density at radius 1 is 1.11 bits per heavy atom. The van der Waals surface area contributed by atoms with Gasteiger partial charge in [-0.3, -0.25) is 4.90 Å². The number of anilines is 1. The number of fused-ring (bicyclic) bond motifs is 2. The summed E-state index contributed by atoms with van der Waals surface area (Å²) in [6.07, 6.45) is 8.49. The van der Waals surface area contributed by atoms with E-state index < -0.39 is 0 Å². The molecule has 1 saturated heterocycles. The van der Waals surface area contributed by atoms with E-state index in [0.29, 0.717) is 6.04 Å². The molecule has 7 aliphatic rings. The summed E-state index contributed by atoms with van der Waals surface area (Å²) >= 11 is 0. The number of rotatable bonds is 5.